The van der Waals surface area contributed by atoms with E-state index in [-0.39, 0.29) is 10.8 Å². The Labute approximate surface area is 224 Å². The van der Waals surface area contributed by atoms with Gasteiger partial charge in [-0.1, -0.05) is 87.0 Å². The van der Waals surface area contributed by atoms with Crippen LogP contribution in [0.5, 0.6) is 11.5 Å². The molecule has 1 aromatic heterocycles. The predicted molar refractivity (Wildman–Crippen MR) is 156 cm³/mol. The average molecular weight is 531 g/mol. The summed E-state index contributed by atoms with van der Waals surface area (Å²) in [4.78, 5) is 11.0. The zero-order valence-electron chi connectivity index (χ0n) is 24.4. The summed E-state index contributed by atoms with van der Waals surface area (Å²) in [5.41, 5.74) is 4.06. The molecule has 3 aromatic rings. The highest BCUT2D eigenvalue weighted by Crippen LogP contribution is 2.46. The quantitative estimate of drug-likeness (QED) is 0.264. The summed E-state index contributed by atoms with van der Waals surface area (Å²) in [6.07, 6.45) is 9.65. The topological polar surface area (TPSA) is 65.0 Å². The van der Waals surface area contributed by atoms with Gasteiger partial charge in [-0.3, -0.25) is 4.89 Å². The van der Waals surface area contributed by atoms with Gasteiger partial charge < -0.3 is 17.9 Å². The molecular formula is C31H47O5P. The maximum absolute atomic E-state index is 11.0. The van der Waals surface area contributed by atoms with Gasteiger partial charge in [0.25, 0.3) is 0 Å². The Morgan fingerprint density at radius 1 is 0.757 bits per heavy atom. The van der Waals surface area contributed by atoms with Gasteiger partial charge in [-0.15, -0.1) is 0 Å². The molecule has 0 aliphatic rings. The van der Waals surface area contributed by atoms with Crippen LogP contribution in [0.3, 0.4) is 0 Å². The SMILES string of the molecule is CCCCCCCCCc1c(OC)cc2c(op(O)oc3c(C(C)(C)C)cc(OC)cc32)c1C(C)(C)C. The Hall–Kier alpha value is -2.10. The molecule has 0 aliphatic heterocycles. The minimum Gasteiger partial charge on any atom is -0.497 e. The normalized spacial score (nSPS) is 12.9. The van der Waals surface area contributed by atoms with E-state index in [4.69, 9.17) is 17.9 Å². The van der Waals surface area contributed by atoms with Crippen molar-refractivity contribution in [2.24, 2.45) is 0 Å². The van der Waals surface area contributed by atoms with E-state index in [1.807, 2.05) is 12.1 Å². The fourth-order valence-corrected chi connectivity index (χ4v) is 5.94. The monoisotopic (exact) mass is 530 g/mol. The molecule has 206 valence electrons. The number of methoxy groups -OCH3 is 2. The van der Waals surface area contributed by atoms with E-state index < -0.39 is 8.24 Å². The highest BCUT2D eigenvalue weighted by atomic mass is 31.1. The molecule has 2 aromatic carbocycles. The van der Waals surface area contributed by atoms with Crippen LogP contribution in [0.25, 0.3) is 21.9 Å². The summed E-state index contributed by atoms with van der Waals surface area (Å²) in [7, 11) is 1.25. The molecule has 1 N–H and O–H groups in total. The van der Waals surface area contributed by atoms with Crippen LogP contribution < -0.4 is 9.47 Å². The van der Waals surface area contributed by atoms with Gasteiger partial charge in [0.15, 0.2) is 0 Å². The van der Waals surface area contributed by atoms with Gasteiger partial charge in [0.05, 0.1) is 14.2 Å². The summed E-state index contributed by atoms with van der Waals surface area (Å²) in [6.45, 7) is 15.2. The fraction of sp³-hybridized carbons (Fsp3) is 0.613. The number of hydrogen-bond donors (Lipinski definition) is 1. The van der Waals surface area contributed by atoms with Gasteiger partial charge in [-0.2, -0.15) is 0 Å². The molecule has 0 saturated heterocycles. The standard InChI is InChI=1S/C31H47O5P/c1-10-11-12-13-14-15-16-17-22-26(34-9)20-24-23-18-21(33-8)19-25(30(2,3)4)28(23)35-37(32)36-29(24)27(22)31(5,6)7/h18-20,32H,10-17H2,1-9H3. The number of hydrogen-bond acceptors (Lipinski definition) is 5. The zero-order valence-corrected chi connectivity index (χ0v) is 25.3. The summed E-state index contributed by atoms with van der Waals surface area (Å²) in [5, 5.41) is 1.72. The van der Waals surface area contributed by atoms with Crippen molar-refractivity contribution in [1.29, 1.82) is 0 Å². The zero-order chi connectivity index (χ0) is 27.4. The van der Waals surface area contributed by atoms with Crippen LogP contribution in [0, 0.1) is 0 Å². The largest absolute Gasteiger partial charge is 0.497 e. The van der Waals surface area contributed by atoms with Gasteiger partial charge in [-0.25, -0.2) is 0 Å². The van der Waals surface area contributed by atoms with Crippen LogP contribution in [0.4, 0.5) is 0 Å². The molecule has 0 fully saturated rings. The third-order valence-corrected chi connectivity index (χ3v) is 7.76. The Morgan fingerprint density at radius 3 is 1.92 bits per heavy atom. The highest BCUT2D eigenvalue weighted by Gasteiger charge is 2.28. The van der Waals surface area contributed by atoms with Crippen molar-refractivity contribution >= 4 is 30.2 Å². The van der Waals surface area contributed by atoms with E-state index >= 15 is 0 Å². The van der Waals surface area contributed by atoms with Gasteiger partial charge in [0.2, 0.25) is 0 Å². The first-order valence-electron chi connectivity index (χ1n) is 13.7. The second-order valence-electron chi connectivity index (χ2n) is 12.2. The lowest BCUT2D eigenvalue weighted by molar-refractivity contribution is 0.405. The van der Waals surface area contributed by atoms with Crippen molar-refractivity contribution in [3.05, 3.63) is 34.9 Å². The smallest absolute Gasteiger partial charge is 0.384 e. The van der Waals surface area contributed by atoms with E-state index in [9.17, 15) is 4.89 Å². The first-order valence-corrected chi connectivity index (χ1v) is 14.9. The lowest BCUT2D eigenvalue weighted by Crippen LogP contribution is -2.16. The highest BCUT2D eigenvalue weighted by molar-refractivity contribution is 7.30. The van der Waals surface area contributed by atoms with Crippen molar-refractivity contribution < 1.29 is 22.8 Å². The molecule has 37 heavy (non-hydrogen) atoms. The first kappa shape index (κ1) is 29.5. The van der Waals surface area contributed by atoms with Crippen LogP contribution in [0.1, 0.15) is 110 Å². The van der Waals surface area contributed by atoms with Gasteiger partial charge in [0.1, 0.15) is 22.7 Å². The molecule has 0 aliphatic carbocycles. The van der Waals surface area contributed by atoms with Crippen molar-refractivity contribution in [3.8, 4) is 11.5 Å². The average Bonchev–Trinajstić information content (AvgIpc) is 2.95. The van der Waals surface area contributed by atoms with Crippen molar-refractivity contribution in [2.45, 2.75) is 111 Å². The van der Waals surface area contributed by atoms with Crippen molar-refractivity contribution in [3.63, 3.8) is 0 Å². The van der Waals surface area contributed by atoms with Crippen LogP contribution in [0.2, 0.25) is 0 Å². The summed E-state index contributed by atoms with van der Waals surface area (Å²) in [5.74, 6) is 1.60. The molecule has 1 atom stereocenters. The number of ether oxygens (including phenoxy) is 2. The minimum atomic E-state index is -2.16. The maximum Gasteiger partial charge on any atom is 0.384 e. The Bertz CT molecular complexity index is 1240. The van der Waals surface area contributed by atoms with Crippen LogP contribution in [-0.4, -0.2) is 19.1 Å². The second kappa shape index (κ2) is 12.2. The third-order valence-electron chi connectivity index (χ3n) is 7.08. The van der Waals surface area contributed by atoms with Gasteiger partial charge >= 0.3 is 8.24 Å². The lowest BCUT2D eigenvalue weighted by Gasteiger charge is -2.26. The van der Waals surface area contributed by atoms with E-state index in [0.717, 1.165) is 51.8 Å². The van der Waals surface area contributed by atoms with Crippen LogP contribution in [-0.2, 0) is 17.3 Å². The molecule has 0 saturated carbocycles. The third kappa shape index (κ3) is 6.86. The van der Waals surface area contributed by atoms with Gasteiger partial charge in [-0.05, 0) is 41.9 Å². The number of rotatable bonds is 10. The first-order chi connectivity index (χ1) is 17.4. The summed E-state index contributed by atoms with van der Waals surface area (Å²) in [6, 6.07) is 6.02. The molecule has 0 amide bonds. The molecule has 3 rings (SSSR count). The predicted octanol–water partition coefficient (Wildman–Crippen LogP) is 9.95. The Kier molecular flexibility index (Phi) is 9.69. The van der Waals surface area contributed by atoms with E-state index in [1.165, 1.54) is 38.5 Å². The Balaban J connectivity index is 2.30. The molecule has 0 radical (unpaired) electrons. The van der Waals surface area contributed by atoms with Crippen LogP contribution >= 0.6 is 8.24 Å². The lowest BCUT2D eigenvalue weighted by atomic mass is 9.80. The molecule has 1 heterocycles. The maximum atomic E-state index is 11.0. The van der Waals surface area contributed by atoms with Gasteiger partial charge in [0, 0.05) is 27.5 Å². The molecule has 0 spiro atoms. The van der Waals surface area contributed by atoms with E-state index in [0.29, 0.717) is 11.2 Å². The van der Waals surface area contributed by atoms with Crippen molar-refractivity contribution in [1.82, 2.24) is 0 Å². The molecule has 1 unspecified atom stereocenters. The molecule has 5 nitrogen and oxygen atoms in total. The molecular weight excluding hydrogens is 483 g/mol. The summed E-state index contributed by atoms with van der Waals surface area (Å²) < 4.78 is 24.1. The molecule has 6 heteroatoms. The minimum absolute atomic E-state index is 0.229. The van der Waals surface area contributed by atoms with E-state index in [1.54, 1.807) is 14.2 Å². The van der Waals surface area contributed by atoms with Crippen LogP contribution in [0.15, 0.2) is 26.6 Å². The second-order valence-corrected chi connectivity index (χ2v) is 13.0. The number of benzene rings is 2. The Morgan fingerprint density at radius 2 is 1.35 bits per heavy atom. The van der Waals surface area contributed by atoms with E-state index in [2.05, 4.69) is 54.5 Å². The number of unbranched alkanes of at least 4 members (excludes halogenated alkanes) is 6. The fourth-order valence-electron chi connectivity index (χ4n) is 5.21. The summed E-state index contributed by atoms with van der Waals surface area (Å²) >= 11 is 0. The number of fused-ring (bicyclic) bond motifs is 3. The van der Waals surface area contributed by atoms with Crippen molar-refractivity contribution in [2.75, 3.05) is 14.2 Å². The molecule has 0 bridgehead atoms.